The van der Waals surface area contributed by atoms with Crippen LogP contribution < -0.4 is 16.4 Å². The zero-order valence-corrected chi connectivity index (χ0v) is 23.8. The fraction of sp³-hybridized carbons (Fsp3) is 0.586. The van der Waals surface area contributed by atoms with Crippen LogP contribution in [0, 0.1) is 28.6 Å². The van der Waals surface area contributed by atoms with Crippen molar-refractivity contribution in [2.45, 2.75) is 71.5 Å². The number of alkyl halides is 2. The monoisotopic (exact) mass is 570 g/mol. The topological polar surface area (TPSA) is 147 Å². The van der Waals surface area contributed by atoms with Crippen LogP contribution in [-0.2, 0) is 19.2 Å². The second-order valence-electron chi connectivity index (χ2n) is 13.3. The number of carbonyl (C=O) groups excluding carboxylic acids is 4. The summed E-state index contributed by atoms with van der Waals surface area (Å²) in [5.74, 6) is -6.27. The number of nitrogens with two attached hydrogens (primary N) is 1. The molecule has 0 spiro atoms. The number of piperidine rings is 1. The largest absolute Gasteiger partial charge is 0.368 e. The molecule has 0 bridgehead atoms. The molecule has 1 unspecified atom stereocenters. The van der Waals surface area contributed by atoms with Gasteiger partial charge in [-0.2, -0.15) is 10.2 Å². The van der Waals surface area contributed by atoms with Gasteiger partial charge in [0.05, 0.1) is 11.7 Å². The molecule has 5 rings (SSSR count). The molecule has 1 aromatic carbocycles. The highest BCUT2D eigenvalue weighted by atomic mass is 19.3. The average Bonchev–Trinajstić information content (AvgIpc) is 3.20. The molecule has 0 radical (unpaired) electrons. The second kappa shape index (κ2) is 9.70. The second-order valence-corrected chi connectivity index (χ2v) is 13.3. The van der Waals surface area contributed by atoms with Gasteiger partial charge >= 0.3 is 0 Å². The van der Waals surface area contributed by atoms with Gasteiger partial charge in [0.1, 0.15) is 18.1 Å². The van der Waals surface area contributed by atoms with Crippen molar-refractivity contribution in [1.82, 2.24) is 25.7 Å². The Labute approximate surface area is 236 Å². The van der Waals surface area contributed by atoms with E-state index in [-0.39, 0.29) is 17.3 Å². The Kier molecular flexibility index (Phi) is 6.81. The van der Waals surface area contributed by atoms with Crippen LogP contribution in [0.25, 0.3) is 10.9 Å². The number of halogens is 2. The van der Waals surface area contributed by atoms with Crippen molar-refractivity contribution in [3.8, 4) is 0 Å². The smallest absolute Gasteiger partial charge is 0.249 e. The number of fused-ring (bicyclic) bond motifs is 2. The van der Waals surface area contributed by atoms with E-state index in [1.807, 2.05) is 13.8 Å². The van der Waals surface area contributed by atoms with E-state index in [2.05, 4.69) is 20.8 Å². The first-order valence-electron chi connectivity index (χ1n) is 13.8. The molecule has 3 aliphatic rings. The molecule has 12 heteroatoms. The number of amides is 4. The number of aromatic nitrogens is 2. The van der Waals surface area contributed by atoms with Gasteiger partial charge in [0.2, 0.25) is 29.6 Å². The van der Waals surface area contributed by atoms with E-state index >= 15 is 0 Å². The summed E-state index contributed by atoms with van der Waals surface area (Å²) in [5.41, 5.74) is 5.67. The highest BCUT2D eigenvalue weighted by Crippen LogP contribution is 2.65. The van der Waals surface area contributed by atoms with Crippen LogP contribution >= 0.6 is 0 Å². The number of primary amides is 1. The van der Waals surface area contributed by atoms with Crippen molar-refractivity contribution in [3.63, 3.8) is 0 Å². The van der Waals surface area contributed by atoms with Gasteiger partial charge in [-0.05, 0) is 28.7 Å². The molecule has 2 aliphatic carbocycles. The van der Waals surface area contributed by atoms with E-state index in [1.54, 1.807) is 45.0 Å². The third-order valence-electron chi connectivity index (χ3n) is 9.08. The molecule has 3 fully saturated rings. The van der Waals surface area contributed by atoms with Crippen LogP contribution in [0.15, 0.2) is 30.5 Å². The molecule has 1 aromatic heterocycles. The number of hydrogen-bond donors (Lipinski definition) is 3. The predicted molar refractivity (Wildman–Crippen MR) is 145 cm³/mol. The first kappa shape index (κ1) is 28.8. The number of likely N-dealkylation sites (tertiary alicyclic amines) is 1. The van der Waals surface area contributed by atoms with Crippen LogP contribution in [0.5, 0.6) is 0 Å². The summed E-state index contributed by atoms with van der Waals surface area (Å²) in [4.78, 5) is 54.8. The maximum atomic E-state index is 14.0. The van der Waals surface area contributed by atoms with E-state index in [1.165, 1.54) is 11.1 Å². The van der Waals surface area contributed by atoms with Crippen molar-refractivity contribution in [2.75, 3.05) is 6.54 Å². The van der Waals surface area contributed by atoms with Crippen LogP contribution in [0.4, 0.5) is 8.78 Å². The molecule has 41 heavy (non-hydrogen) atoms. The molecule has 5 atom stereocenters. The summed E-state index contributed by atoms with van der Waals surface area (Å²) in [7, 11) is 0. The average molecular weight is 571 g/mol. The van der Waals surface area contributed by atoms with Gasteiger partial charge in [-0.25, -0.2) is 8.78 Å². The Morgan fingerprint density at radius 3 is 2.34 bits per heavy atom. The van der Waals surface area contributed by atoms with Gasteiger partial charge in [0.15, 0.2) is 0 Å². The molecule has 2 heterocycles. The van der Waals surface area contributed by atoms with Crippen molar-refractivity contribution in [3.05, 3.63) is 36.0 Å². The van der Waals surface area contributed by atoms with E-state index in [4.69, 9.17) is 5.73 Å². The maximum absolute atomic E-state index is 14.0. The summed E-state index contributed by atoms with van der Waals surface area (Å²) in [5, 5.41) is 14.1. The van der Waals surface area contributed by atoms with E-state index in [9.17, 15) is 28.0 Å². The first-order valence-corrected chi connectivity index (χ1v) is 13.8. The van der Waals surface area contributed by atoms with E-state index in [0.29, 0.717) is 23.0 Å². The van der Waals surface area contributed by atoms with Gasteiger partial charge < -0.3 is 21.3 Å². The van der Waals surface area contributed by atoms with Crippen LogP contribution in [-0.4, -0.2) is 63.3 Å². The lowest BCUT2D eigenvalue weighted by atomic mass is 9.79. The zero-order chi connectivity index (χ0) is 30.1. The van der Waals surface area contributed by atoms with Gasteiger partial charge in [-0.1, -0.05) is 52.8 Å². The van der Waals surface area contributed by atoms with Crippen molar-refractivity contribution >= 4 is 34.5 Å². The molecular formula is C29H36F2N6O4. The Hall–Kier alpha value is -3.70. The fourth-order valence-electron chi connectivity index (χ4n) is 6.52. The minimum atomic E-state index is -2.87. The highest BCUT2D eigenvalue weighted by molar-refractivity contribution is 5.97. The Morgan fingerprint density at radius 1 is 1.07 bits per heavy atom. The molecule has 4 amide bonds. The van der Waals surface area contributed by atoms with Gasteiger partial charge in [0.25, 0.3) is 0 Å². The SMILES string of the molecule is CC(C)(C)[C@H](NC(=O)C1CC(F)(F)C1)C(=O)N1C[C@H]2[C@@H]([C@H]1C(=O)NC(C(N)=O)c1cnnc3ccccc13)C2(C)C. The van der Waals surface area contributed by atoms with Gasteiger partial charge in [-0.15, -0.1) is 0 Å². The summed E-state index contributed by atoms with van der Waals surface area (Å²) in [6.07, 6.45) is 0.280. The summed E-state index contributed by atoms with van der Waals surface area (Å²) >= 11 is 0. The normalized spacial score (nSPS) is 25.9. The lowest BCUT2D eigenvalue weighted by Crippen LogP contribution is -2.61. The van der Waals surface area contributed by atoms with Crippen LogP contribution in [0.2, 0.25) is 0 Å². The van der Waals surface area contributed by atoms with Crippen LogP contribution in [0.1, 0.15) is 59.1 Å². The minimum absolute atomic E-state index is 0.0410. The number of nitrogens with one attached hydrogen (secondary N) is 2. The Morgan fingerprint density at radius 2 is 1.73 bits per heavy atom. The van der Waals surface area contributed by atoms with E-state index < -0.39 is 71.9 Å². The van der Waals surface area contributed by atoms with Crippen molar-refractivity contribution in [2.24, 2.45) is 34.3 Å². The molecule has 1 aliphatic heterocycles. The number of rotatable bonds is 7. The predicted octanol–water partition coefficient (Wildman–Crippen LogP) is 2.33. The number of carbonyl (C=O) groups is 4. The summed E-state index contributed by atoms with van der Waals surface area (Å²) in [6, 6.07) is 3.85. The van der Waals surface area contributed by atoms with Crippen molar-refractivity contribution < 1.29 is 28.0 Å². The first-order chi connectivity index (χ1) is 19.0. The third-order valence-corrected chi connectivity index (χ3v) is 9.08. The molecular weight excluding hydrogens is 534 g/mol. The Bertz CT molecular complexity index is 1410. The molecule has 4 N–H and O–H groups in total. The molecule has 1 saturated heterocycles. The molecule has 2 aromatic rings. The highest BCUT2D eigenvalue weighted by Gasteiger charge is 2.70. The minimum Gasteiger partial charge on any atom is -0.368 e. The number of benzene rings is 1. The number of hydrogen-bond acceptors (Lipinski definition) is 6. The maximum Gasteiger partial charge on any atom is 0.249 e. The third kappa shape index (κ3) is 5.12. The quantitative estimate of drug-likeness (QED) is 0.466. The fourth-order valence-corrected chi connectivity index (χ4v) is 6.52. The standard InChI is InChI=1S/C29H36F2N6O4/c1-27(2,3)22(35-24(39)14-10-29(30,31)11-14)26(41)37-13-17-19(28(17,4)5)21(37)25(40)34-20(23(32)38)16-12-33-36-18-9-7-6-8-15(16)18/h6-9,12,14,17,19-22H,10-11,13H2,1-5H3,(H2,32,38)(H,34,40)(H,35,39)/t17-,19-,20?,21-,22+/m0/s1. The number of nitrogens with zero attached hydrogens (tertiary/aromatic N) is 3. The van der Waals surface area contributed by atoms with Crippen LogP contribution in [0.3, 0.4) is 0 Å². The molecule has 10 nitrogen and oxygen atoms in total. The molecule has 220 valence electrons. The van der Waals surface area contributed by atoms with Crippen molar-refractivity contribution in [1.29, 1.82) is 0 Å². The van der Waals surface area contributed by atoms with Gasteiger partial charge in [-0.3, -0.25) is 19.2 Å². The zero-order valence-electron chi connectivity index (χ0n) is 23.8. The molecule has 2 saturated carbocycles. The lowest BCUT2D eigenvalue weighted by Gasteiger charge is -2.40. The Balaban J connectivity index is 1.41. The van der Waals surface area contributed by atoms with E-state index in [0.717, 1.165) is 0 Å². The van der Waals surface area contributed by atoms with Gasteiger partial charge in [0, 0.05) is 36.3 Å². The summed E-state index contributed by atoms with van der Waals surface area (Å²) < 4.78 is 26.8. The lowest BCUT2D eigenvalue weighted by molar-refractivity contribution is -0.155. The summed E-state index contributed by atoms with van der Waals surface area (Å²) in [6.45, 7) is 9.65.